The van der Waals surface area contributed by atoms with Gasteiger partial charge in [-0.2, -0.15) is 0 Å². The van der Waals surface area contributed by atoms with Crippen molar-refractivity contribution in [1.29, 1.82) is 0 Å². The van der Waals surface area contributed by atoms with Gasteiger partial charge >= 0.3 is 5.97 Å². The van der Waals surface area contributed by atoms with E-state index in [1.54, 1.807) is 24.3 Å². The number of aliphatic carboxylic acids is 1. The van der Waals surface area contributed by atoms with Gasteiger partial charge in [0.2, 0.25) is 5.91 Å². The van der Waals surface area contributed by atoms with Crippen molar-refractivity contribution in [1.82, 2.24) is 14.5 Å². The molecule has 1 aromatic carbocycles. The van der Waals surface area contributed by atoms with E-state index in [0.29, 0.717) is 19.5 Å². The summed E-state index contributed by atoms with van der Waals surface area (Å²) in [7, 11) is 0. The maximum atomic E-state index is 12.5. The van der Waals surface area contributed by atoms with Crippen molar-refractivity contribution in [3.63, 3.8) is 0 Å². The average Bonchev–Trinajstić information content (AvgIpc) is 3.16. The molecule has 1 atom stereocenters. The van der Waals surface area contributed by atoms with Gasteiger partial charge in [0.15, 0.2) is 0 Å². The number of benzene rings is 1. The molecule has 2 heterocycles. The summed E-state index contributed by atoms with van der Waals surface area (Å²) in [5.74, 6) is -0.887. The minimum atomic E-state index is -0.841. The molecule has 2 aromatic rings. The number of hydrogen-bond donors (Lipinski definition) is 1. The van der Waals surface area contributed by atoms with E-state index in [2.05, 4.69) is 4.98 Å². The number of hydrogen-bond acceptors (Lipinski definition) is 3. The molecule has 1 aliphatic rings. The standard InChI is InChI=1S/C18H21N3O3/c1-18(17(23)24)7-8-20(12-18)16(22)9-15-10-19-13-21(15)11-14-5-3-2-4-6-14/h2-6,10,13H,7-9,11-12H2,1H3,(H,23,24). The zero-order valence-corrected chi connectivity index (χ0v) is 13.7. The van der Waals surface area contributed by atoms with Crippen LogP contribution in [0.4, 0.5) is 0 Å². The summed E-state index contributed by atoms with van der Waals surface area (Å²) in [6, 6.07) is 9.99. The Balaban J connectivity index is 1.66. The Hall–Kier alpha value is -2.63. The van der Waals surface area contributed by atoms with Crippen LogP contribution < -0.4 is 0 Å². The van der Waals surface area contributed by atoms with Gasteiger partial charge < -0.3 is 14.6 Å². The molecular weight excluding hydrogens is 306 g/mol. The highest BCUT2D eigenvalue weighted by atomic mass is 16.4. The monoisotopic (exact) mass is 327 g/mol. The Morgan fingerprint density at radius 1 is 1.29 bits per heavy atom. The predicted octanol–water partition coefficient (Wildman–Crippen LogP) is 1.80. The zero-order valence-electron chi connectivity index (χ0n) is 13.7. The first-order valence-corrected chi connectivity index (χ1v) is 8.02. The highest BCUT2D eigenvalue weighted by Crippen LogP contribution is 2.30. The topological polar surface area (TPSA) is 75.4 Å². The van der Waals surface area contributed by atoms with E-state index >= 15 is 0 Å². The second kappa shape index (κ2) is 6.47. The molecule has 1 N–H and O–H groups in total. The third-order valence-electron chi connectivity index (χ3n) is 4.67. The summed E-state index contributed by atoms with van der Waals surface area (Å²) in [5, 5.41) is 9.28. The van der Waals surface area contributed by atoms with Crippen LogP contribution in [0.3, 0.4) is 0 Å². The Morgan fingerprint density at radius 3 is 2.71 bits per heavy atom. The Kier molecular flexibility index (Phi) is 4.38. The maximum absolute atomic E-state index is 12.5. The summed E-state index contributed by atoms with van der Waals surface area (Å²) in [4.78, 5) is 29.6. The lowest BCUT2D eigenvalue weighted by molar-refractivity contribution is -0.147. The molecule has 0 bridgehead atoms. The SMILES string of the molecule is CC1(C(=O)O)CCN(C(=O)Cc2cncn2Cc2ccccc2)C1. The van der Waals surface area contributed by atoms with Crippen LogP contribution in [0.5, 0.6) is 0 Å². The molecule has 1 aliphatic heterocycles. The van der Waals surface area contributed by atoms with Crippen molar-refractivity contribution in [3.8, 4) is 0 Å². The molecule has 1 amide bonds. The number of amides is 1. The fraction of sp³-hybridized carbons (Fsp3) is 0.389. The van der Waals surface area contributed by atoms with Crippen LogP contribution in [0.1, 0.15) is 24.6 Å². The van der Waals surface area contributed by atoms with E-state index in [0.717, 1.165) is 11.3 Å². The van der Waals surface area contributed by atoms with Crippen molar-refractivity contribution in [2.24, 2.45) is 5.41 Å². The van der Waals surface area contributed by atoms with Gasteiger partial charge in [-0.1, -0.05) is 30.3 Å². The molecule has 1 fully saturated rings. The normalized spacial score (nSPS) is 20.3. The number of aromatic nitrogens is 2. The van der Waals surface area contributed by atoms with E-state index < -0.39 is 11.4 Å². The molecule has 24 heavy (non-hydrogen) atoms. The summed E-state index contributed by atoms with van der Waals surface area (Å²) < 4.78 is 1.96. The fourth-order valence-electron chi connectivity index (χ4n) is 3.03. The molecule has 1 unspecified atom stereocenters. The largest absolute Gasteiger partial charge is 0.481 e. The van der Waals surface area contributed by atoms with E-state index in [9.17, 15) is 14.7 Å². The van der Waals surface area contributed by atoms with Crippen LogP contribution in [0.2, 0.25) is 0 Å². The highest BCUT2D eigenvalue weighted by Gasteiger charge is 2.42. The predicted molar refractivity (Wildman–Crippen MR) is 88.4 cm³/mol. The molecule has 3 rings (SSSR count). The smallest absolute Gasteiger partial charge is 0.311 e. The number of nitrogens with zero attached hydrogens (tertiary/aromatic N) is 3. The maximum Gasteiger partial charge on any atom is 0.311 e. The lowest BCUT2D eigenvalue weighted by Gasteiger charge is -2.20. The first-order valence-electron chi connectivity index (χ1n) is 8.02. The van der Waals surface area contributed by atoms with Gasteiger partial charge in [-0.3, -0.25) is 9.59 Å². The number of carboxylic acid groups (broad SMARTS) is 1. The lowest BCUT2D eigenvalue weighted by atomic mass is 9.90. The average molecular weight is 327 g/mol. The first-order chi connectivity index (χ1) is 11.5. The van der Waals surface area contributed by atoms with E-state index in [-0.39, 0.29) is 18.9 Å². The molecule has 6 nitrogen and oxygen atoms in total. The first kappa shape index (κ1) is 16.2. The second-order valence-corrected chi connectivity index (χ2v) is 6.61. The number of carboxylic acids is 1. The molecule has 0 spiro atoms. The second-order valence-electron chi connectivity index (χ2n) is 6.61. The quantitative estimate of drug-likeness (QED) is 0.908. The van der Waals surface area contributed by atoms with E-state index in [4.69, 9.17) is 0 Å². The molecular formula is C18H21N3O3. The number of likely N-dealkylation sites (tertiary alicyclic amines) is 1. The van der Waals surface area contributed by atoms with Crippen LogP contribution in [-0.2, 0) is 22.6 Å². The summed E-state index contributed by atoms with van der Waals surface area (Å²) in [6.45, 7) is 3.13. The van der Waals surface area contributed by atoms with Gasteiger partial charge in [0.05, 0.1) is 18.2 Å². The molecule has 0 radical (unpaired) electrons. The summed E-state index contributed by atoms with van der Waals surface area (Å²) in [6.07, 6.45) is 4.16. The van der Waals surface area contributed by atoms with Crippen LogP contribution in [0.25, 0.3) is 0 Å². The minimum Gasteiger partial charge on any atom is -0.481 e. The summed E-state index contributed by atoms with van der Waals surface area (Å²) in [5.41, 5.74) is 1.15. The molecule has 1 aromatic heterocycles. The molecule has 126 valence electrons. The van der Waals surface area contributed by atoms with Gasteiger partial charge in [0.25, 0.3) is 0 Å². The van der Waals surface area contributed by atoms with Crippen molar-refractivity contribution >= 4 is 11.9 Å². The van der Waals surface area contributed by atoms with Crippen LogP contribution in [0.15, 0.2) is 42.9 Å². The third-order valence-corrected chi connectivity index (χ3v) is 4.67. The Morgan fingerprint density at radius 2 is 2.04 bits per heavy atom. The van der Waals surface area contributed by atoms with Gasteiger partial charge in [-0.25, -0.2) is 4.98 Å². The van der Waals surface area contributed by atoms with Gasteiger partial charge in [-0.05, 0) is 18.9 Å². The van der Waals surface area contributed by atoms with Crippen molar-refractivity contribution < 1.29 is 14.7 Å². The van der Waals surface area contributed by atoms with Crippen molar-refractivity contribution in [2.75, 3.05) is 13.1 Å². The molecule has 6 heteroatoms. The number of carbonyl (C=O) groups excluding carboxylic acids is 1. The molecule has 0 aliphatic carbocycles. The van der Waals surface area contributed by atoms with E-state index in [1.807, 2.05) is 34.9 Å². The molecule has 0 saturated carbocycles. The van der Waals surface area contributed by atoms with Crippen LogP contribution >= 0.6 is 0 Å². The molecule has 1 saturated heterocycles. The van der Waals surface area contributed by atoms with Crippen molar-refractivity contribution in [3.05, 3.63) is 54.1 Å². The fourth-order valence-corrected chi connectivity index (χ4v) is 3.03. The van der Waals surface area contributed by atoms with Gasteiger partial charge in [-0.15, -0.1) is 0 Å². The van der Waals surface area contributed by atoms with Crippen LogP contribution in [-0.4, -0.2) is 44.5 Å². The van der Waals surface area contributed by atoms with Gasteiger partial charge in [0.1, 0.15) is 0 Å². The minimum absolute atomic E-state index is 0.0465. The number of imidazole rings is 1. The van der Waals surface area contributed by atoms with Crippen molar-refractivity contribution in [2.45, 2.75) is 26.3 Å². The number of carbonyl (C=O) groups is 2. The third kappa shape index (κ3) is 3.32. The lowest BCUT2D eigenvalue weighted by Crippen LogP contribution is -2.35. The number of rotatable bonds is 5. The Bertz CT molecular complexity index is 741. The van der Waals surface area contributed by atoms with E-state index in [1.165, 1.54) is 0 Å². The summed E-state index contributed by atoms with van der Waals surface area (Å²) >= 11 is 0. The highest BCUT2D eigenvalue weighted by molar-refractivity contribution is 5.81. The zero-order chi connectivity index (χ0) is 17.2. The Labute approximate surface area is 140 Å². The van der Waals surface area contributed by atoms with Crippen LogP contribution in [0, 0.1) is 5.41 Å². The van der Waals surface area contributed by atoms with Gasteiger partial charge in [0, 0.05) is 31.5 Å².